The monoisotopic (exact) mass is 275 g/mol. The summed E-state index contributed by atoms with van der Waals surface area (Å²) in [6.07, 6.45) is -4.31. The molecular weight excluding hydrogens is 255 g/mol. The average molecular weight is 275 g/mol. The SMILES string of the molecule is Cc1ccc(OCC(F)(F)F)c(CNCC(C)C)c1. The summed E-state index contributed by atoms with van der Waals surface area (Å²) in [5, 5.41) is 3.20. The van der Waals surface area contributed by atoms with E-state index in [0.29, 0.717) is 18.2 Å². The van der Waals surface area contributed by atoms with Gasteiger partial charge >= 0.3 is 6.18 Å². The maximum atomic E-state index is 12.2. The molecule has 0 atom stereocenters. The second kappa shape index (κ2) is 6.80. The van der Waals surface area contributed by atoms with Crippen molar-refractivity contribution in [1.82, 2.24) is 5.32 Å². The topological polar surface area (TPSA) is 21.3 Å². The zero-order valence-electron chi connectivity index (χ0n) is 11.5. The Bertz CT molecular complexity index is 402. The lowest BCUT2D eigenvalue weighted by molar-refractivity contribution is -0.153. The van der Waals surface area contributed by atoms with Gasteiger partial charge in [-0.2, -0.15) is 13.2 Å². The number of benzene rings is 1. The van der Waals surface area contributed by atoms with Crippen molar-refractivity contribution in [1.29, 1.82) is 0 Å². The number of alkyl halides is 3. The first-order valence-corrected chi connectivity index (χ1v) is 6.27. The summed E-state index contributed by atoms with van der Waals surface area (Å²) in [4.78, 5) is 0. The van der Waals surface area contributed by atoms with Gasteiger partial charge in [0.1, 0.15) is 5.75 Å². The number of halogens is 3. The smallest absolute Gasteiger partial charge is 0.422 e. The molecule has 0 aliphatic heterocycles. The first kappa shape index (κ1) is 15.8. The van der Waals surface area contributed by atoms with Crippen molar-refractivity contribution in [3.8, 4) is 5.75 Å². The van der Waals surface area contributed by atoms with Crippen molar-refractivity contribution in [2.75, 3.05) is 13.2 Å². The van der Waals surface area contributed by atoms with Crippen LogP contribution in [0.5, 0.6) is 5.75 Å². The predicted octanol–water partition coefficient (Wildman–Crippen LogP) is 3.68. The summed E-state index contributed by atoms with van der Waals surface area (Å²) in [7, 11) is 0. The van der Waals surface area contributed by atoms with Crippen LogP contribution in [-0.2, 0) is 6.54 Å². The zero-order chi connectivity index (χ0) is 14.5. The van der Waals surface area contributed by atoms with Gasteiger partial charge < -0.3 is 10.1 Å². The van der Waals surface area contributed by atoms with Crippen molar-refractivity contribution in [2.24, 2.45) is 5.92 Å². The quantitative estimate of drug-likeness (QED) is 0.855. The van der Waals surface area contributed by atoms with Crippen molar-refractivity contribution >= 4 is 0 Å². The second-order valence-corrected chi connectivity index (χ2v) is 5.04. The van der Waals surface area contributed by atoms with E-state index < -0.39 is 12.8 Å². The van der Waals surface area contributed by atoms with Crippen LogP contribution < -0.4 is 10.1 Å². The molecule has 0 aromatic heterocycles. The molecule has 0 amide bonds. The van der Waals surface area contributed by atoms with E-state index in [0.717, 1.165) is 17.7 Å². The van der Waals surface area contributed by atoms with E-state index in [1.165, 1.54) is 0 Å². The van der Waals surface area contributed by atoms with E-state index >= 15 is 0 Å². The Morgan fingerprint density at radius 1 is 1.26 bits per heavy atom. The van der Waals surface area contributed by atoms with Crippen LogP contribution in [0.1, 0.15) is 25.0 Å². The van der Waals surface area contributed by atoms with Crippen LogP contribution in [0.25, 0.3) is 0 Å². The number of ether oxygens (including phenoxy) is 1. The lowest BCUT2D eigenvalue weighted by atomic mass is 10.1. The number of hydrogen-bond acceptors (Lipinski definition) is 2. The predicted molar refractivity (Wildman–Crippen MR) is 69.3 cm³/mol. The maximum absolute atomic E-state index is 12.2. The lowest BCUT2D eigenvalue weighted by Gasteiger charge is -2.15. The molecule has 0 heterocycles. The summed E-state index contributed by atoms with van der Waals surface area (Å²) >= 11 is 0. The van der Waals surface area contributed by atoms with Crippen LogP contribution in [-0.4, -0.2) is 19.3 Å². The molecule has 0 fully saturated rings. The Balaban J connectivity index is 2.68. The summed E-state index contributed by atoms with van der Waals surface area (Å²) in [6, 6.07) is 5.18. The Labute approximate surface area is 112 Å². The molecule has 0 saturated heterocycles. The fourth-order valence-corrected chi connectivity index (χ4v) is 1.64. The molecule has 0 radical (unpaired) electrons. The van der Waals surface area contributed by atoms with Gasteiger partial charge in [-0.3, -0.25) is 0 Å². The third-order valence-electron chi connectivity index (χ3n) is 2.48. The first-order valence-electron chi connectivity index (χ1n) is 6.27. The highest BCUT2D eigenvalue weighted by molar-refractivity contribution is 5.36. The molecule has 0 unspecified atom stereocenters. The lowest BCUT2D eigenvalue weighted by Crippen LogP contribution is -2.22. The molecule has 2 nitrogen and oxygen atoms in total. The molecule has 0 bridgehead atoms. The Morgan fingerprint density at radius 2 is 1.95 bits per heavy atom. The zero-order valence-corrected chi connectivity index (χ0v) is 11.5. The summed E-state index contributed by atoms with van der Waals surface area (Å²) in [6.45, 7) is 6.11. The third kappa shape index (κ3) is 6.47. The normalized spacial score (nSPS) is 11.9. The second-order valence-electron chi connectivity index (χ2n) is 5.04. The molecule has 0 saturated carbocycles. The molecule has 5 heteroatoms. The van der Waals surface area contributed by atoms with Crippen LogP contribution in [0.4, 0.5) is 13.2 Å². The highest BCUT2D eigenvalue weighted by Gasteiger charge is 2.28. The maximum Gasteiger partial charge on any atom is 0.422 e. The van der Waals surface area contributed by atoms with Crippen molar-refractivity contribution in [2.45, 2.75) is 33.5 Å². The van der Waals surface area contributed by atoms with Crippen molar-refractivity contribution in [3.05, 3.63) is 29.3 Å². The Kier molecular flexibility index (Phi) is 5.66. The molecule has 0 aliphatic carbocycles. The summed E-state index contributed by atoms with van der Waals surface area (Å²) in [5.74, 6) is 0.781. The molecule has 1 aromatic carbocycles. The van der Waals surface area contributed by atoms with E-state index in [9.17, 15) is 13.2 Å². The van der Waals surface area contributed by atoms with Gasteiger partial charge in [-0.1, -0.05) is 31.5 Å². The molecule has 0 spiro atoms. The van der Waals surface area contributed by atoms with Crippen LogP contribution >= 0.6 is 0 Å². The molecule has 0 aliphatic rings. The van der Waals surface area contributed by atoms with Crippen molar-refractivity contribution in [3.63, 3.8) is 0 Å². The van der Waals surface area contributed by atoms with E-state index in [1.54, 1.807) is 12.1 Å². The minimum atomic E-state index is -4.31. The van der Waals surface area contributed by atoms with Crippen LogP contribution in [0.2, 0.25) is 0 Å². The molecule has 1 aromatic rings. The van der Waals surface area contributed by atoms with Crippen LogP contribution in [0.3, 0.4) is 0 Å². The van der Waals surface area contributed by atoms with E-state index in [1.807, 2.05) is 13.0 Å². The van der Waals surface area contributed by atoms with Gasteiger partial charge in [0, 0.05) is 12.1 Å². The average Bonchev–Trinajstić information content (AvgIpc) is 2.26. The highest BCUT2D eigenvalue weighted by atomic mass is 19.4. The first-order chi connectivity index (χ1) is 8.78. The largest absolute Gasteiger partial charge is 0.484 e. The van der Waals surface area contributed by atoms with E-state index in [2.05, 4.69) is 19.2 Å². The fraction of sp³-hybridized carbons (Fsp3) is 0.571. The van der Waals surface area contributed by atoms with E-state index in [4.69, 9.17) is 4.74 Å². The van der Waals surface area contributed by atoms with Gasteiger partial charge in [-0.15, -0.1) is 0 Å². The molecule has 108 valence electrons. The summed E-state index contributed by atoms with van der Waals surface area (Å²) < 4.78 is 41.4. The minimum absolute atomic E-state index is 0.291. The molecule has 1 N–H and O–H groups in total. The van der Waals surface area contributed by atoms with E-state index in [-0.39, 0.29) is 0 Å². The van der Waals surface area contributed by atoms with Gasteiger partial charge in [-0.05, 0) is 25.5 Å². The minimum Gasteiger partial charge on any atom is -0.484 e. The van der Waals surface area contributed by atoms with Gasteiger partial charge in [-0.25, -0.2) is 0 Å². The third-order valence-corrected chi connectivity index (χ3v) is 2.48. The van der Waals surface area contributed by atoms with Crippen LogP contribution in [0.15, 0.2) is 18.2 Å². The number of rotatable bonds is 6. The van der Waals surface area contributed by atoms with Gasteiger partial charge in [0.15, 0.2) is 6.61 Å². The van der Waals surface area contributed by atoms with Crippen LogP contribution in [0, 0.1) is 12.8 Å². The Hall–Kier alpha value is -1.23. The molecular formula is C14H20F3NO. The Morgan fingerprint density at radius 3 is 2.53 bits per heavy atom. The van der Waals surface area contributed by atoms with Crippen molar-refractivity contribution < 1.29 is 17.9 Å². The summed E-state index contributed by atoms with van der Waals surface area (Å²) in [5.41, 5.74) is 1.76. The molecule has 19 heavy (non-hydrogen) atoms. The van der Waals surface area contributed by atoms with Gasteiger partial charge in [0.05, 0.1) is 0 Å². The standard InChI is InChI=1S/C14H20F3NO/c1-10(2)7-18-8-12-6-11(3)4-5-13(12)19-9-14(15,16)17/h4-6,10,18H,7-9H2,1-3H3. The number of aryl methyl sites for hydroxylation is 1. The number of nitrogens with one attached hydrogen (secondary N) is 1. The number of hydrogen-bond donors (Lipinski definition) is 1. The fourth-order valence-electron chi connectivity index (χ4n) is 1.64. The molecule has 1 rings (SSSR count). The highest BCUT2D eigenvalue weighted by Crippen LogP contribution is 2.23. The van der Waals surface area contributed by atoms with Gasteiger partial charge in [0.2, 0.25) is 0 Å². The van der Waals surface area contributed by atoms with Gasteiger partial charge in [0.25, 0.3) is 0 Å².